The van der Waals surface area contributed by atoms with E-state index in [-0.39, 0.29) is 48.5 Å². The summed E-state index contributed by atoms with van der Waals surface area (Å²) < 4.78 is 38.6. The highest BCUT2D eigenvalue weighted by molar-refractivity contribution is 5.75. The molecule has 4 nitrogen and oxygen atoms in total. The van der Waals surface area contributed by atoms with Gasteiger partial charge >= 0.3 is 5.97 Å². The maximum Gasteiger partial charge on any atom is 0.311 e. The van der Waals surface area contributed by atoms with Gasteiger partial charge in [-0.05, 0) is 39.5 Å². The lowest BCUT2D eigenvalue weighted by atomic mass is 9.80. The summed E-state index contributed by atoms with van der Waals surface area (Å²) in [7, 11) is 0. The number of piperidine rings is 1. The summed E-state index contributed by atoms with van der Waals surface area (Å²) in [6.07, 6.45) is 5.64. The first-order valence-electron chi connectivity index (χ1n) is 9.92. The van der Waals surface area contributed by atoms with E-state index in [2.05, 4.69) is 19.9 Å². The van der Waals surface area contributed by atoms with Gasteiger partial charge in [-0.3, -0.25) is 4.79 Å². The van der Waals surface area contributed by atoms with Crippen molar-refractivity contribution in [2.24, 2.45) is 11.8 Å². The molecule has 0 saturated carbocycles. The van der Waals surface area contributed by atoms with E-state index in [1.165, 1.54) is 5.57 Å². The Morgan fingerprint density at radius 3 is 2.73 bits per heavy atom. The van der Waals surface area contributed by atoms with Gasteiger partial charge in [0.05, 0.1) is 11.5 Å². The van der Waals surface area contributed by atoms with Gasteiger partial charge in [0.25, 0.3) is 5.92 Å². The normalized spacial score (nSPS) is 43.1. The molecule has 0 radical (unpaired) electrons. The number of likely N-dealkylation sites (tertiary alicyclic amines) is 1. The Bertz CT molecular complexity index is 598. The van der Waals surface area contributed by atoms with Crippen molar-refractivity contribution in [3.63, 3.8) is 0 Å². The minimum Gasteiger partial charge on any atom is -0.459 e. The van der Waals surface area contributed by atoms with Gasteiger partial charge in [-0.25, -0.2) is 8.78 Å². The van der Waals surface area contributed by atoms with Crippen LogP contribution < -0.4 is 0 Å². The molecule has 0 aromatic heterocycles. The Morgan fingerprint density at radius 1 is 1.27 bits per heavy atom. The number of halogens is 2. The minimum absolute atomic E-state index is 0.0149. The third-order valence-electron chi connectivity index (χ3n) is 6.78. The predicted molar refractivity (Wildman–Crippen MR) is 93.0 cm³/mol. The fourth-order valence-corrected chi connectivity index (χ4v) is 4.89. The number of carbonyl (C=O) groups excluding carboxylic acids is 1. The van der Waals surface area contributed by atoms with Crippen molar-refractivity contribution in [1.29, 1.82) is 0 Å². The molecule has 0 unspecified atom stereocenters. The average molecular weight is 369 g/mol. The number of alkyl halides is 2. The maximum absolute atomic E-state index is 13.4. The van der Waals surface area contributed by atoms with Gasteiger partial charge < -0.3 is 14.4 Å². The molecule has 0 aromatic rings. The molecule has 3 fully saturated rings. The van der Waals surface area contributed by atoms with Crippen LogP contribution in [-0.2, 0) is 14.3 Å². The van der Waals surface area contributed by atoms with Gasteiger partial charge in [0.1, 0.15) is 12.2 Å². The van der Waals surface area contributed by atoms with E-state index in [0.717, 1.165) is 25.7 Å². The van der Waals surface area contributed by atoms with Crippen LogP contribution in [-0.4, -0.2) is 54.2 Å². The smallest absolute Gasteiger partial charge is 0.311 e. The van der Waals surface area contributed by atoms with Crippen LogP contribution in [0, 0.1) is 11.8 Å². The van der Waals surface area contributed by atoms with E-state index in [9.17, 15) is 13.6 Å². The zero-order chi connectivity index (χ0) is 18.5. The molecule has 1 aliphatic carbocycles. The first kappa shape index (κ1) is 18.4. The minimum atomic E-state index is -2.56. The summed E-state index contributed by atoms with van der Waals surface area (Å²) in [6.45, 7) is 5.48. The molecular weight excluding hydrogens is 340 g/mol. The molecule has 0 N–H and O–H groups in total. The van der Waals surface area contributed by atoms with Crippen molar-refractivity contribution >= 4 is 5.97 Å². The maximum atomic E-state index is 13.4. The molecule has 3 saturated heterocycles. The van der Waals surface area contributed by atoms with Crippen molar-refractivity contribution in [3.8, 4) is 0 Å². The second-order valence-electron chi connectivity index (χ2n) is 8.81. The SMILES string of the molecule is CC1=CCC[C@@]2(C)O[C@H]2[C@H]2OC(=O)[C@@H](CN3CCC(F)(F)CC3)[C@@H]2CC1. The van der Waals surface area contributed by atoms with Gasteiger partial charge in [-0.15, -0.1) is 0 Å². The largest absolute Gasteiger partial charge is 0.459 e. The van der Waals surface area contributed by atoms with Gasteiger partial charge in [-0.2, -0.15) is 0 Å². The molecular formula is C20H29F2NO3. The summed E-state index contributed by atoms with van der Waals surface area (Å²) in [5.41, 5.74) is 1.15. The monoisotopic (exact) mass is 369 g/mol. The van der Waals surface area contributed by atoms with Crippen LogP contribution in [0.25, 0.3) is 0 Å². The zero-order valence-corrected chi connectivity index (χ0v) is 15.7. The number of ether oxygens (including phenoxy) is 2. The zero-order valence-electron chi connectivity index (χ0n) is 15.7. The number of rotatable bonds is 2. The van der Waals surface area contributed by atoms with E-state index in [1.807, 2.05) is 4.90 Å². The molecule has 3 aliphatic heterocycles. The fourth-order valence-electron chi connectivity index (χ4n) is 4.89. The standard InChI is InChI=1S/C20H29F2NO3/c1-13-4-3-7-19(2)17(26-19)16-14(6-5-13)15(18(24)25-16)12-23-10-8-20(21,22)9-11-23/h4,14-17H,3,5-12H2,1-2H3/t14-,15-,16-,17-,19+/m0/s1. The highest BCUT2D eigenvalue weighted by Crippen LogP contribution is 2.50. The lowest BCUT2D eigenvalue weighted by molar-refractivity contribution is -0.145. The van der Waals surface area contributed by atoms with Crippen molar-refractivity contribution in [3.05, 3.63) is 11.6 Å². The molecule has 26 heavy (non-hydrogen) atoms. The Labute approximate surface area is 153 Å². The first-order chi connectivity index (χ1) is 12.3. The highest BCUT2D eigenvalue weighted by atomic mass is 19.3. The van der Waals surface area contributed by atoms with Crippen molar-refractivity contribution in [2.75, 3.05) is 19.6 Å². The van der Waals surface area contributed by atoms with E-state index in [4.69, 9.17) is 9.47 Å². The number of epoxide rings is 1. The quantitative estimate of drug-likeness (QED) is 0.424. The van der Waals surface area contributed by atoms with E-state index < -0.39 is 5.92 Å². The summed E-state index contributed by atoms with van der Waals surface area (Å²) >= 11 is 0. The Morgan fingerprint density at radius 2 is 2.00 bits per heavy atom. The molecule has 4 aliphatic rings. The molecule has 5 atom stereocenters. The number of esters is 1. The molecule has 6 heteroatoms. The third-order valence-corrected chi connectivity index (χ3v) is 6.78. The fraction of sp³-hybridized carbons (Fsp3) is 0.850. The van der Waals surface area contributed by atoms with Crippen molar-refractivity contribution < 1.29 is 23.0 Å². The molecule has 146 valence electrons. The summed E-state index contributed by atoms with van der Waals surface area (Å²) in [5, 5.41) is 0. The van der Waals surface area contributed by atoms with Crippen LogP contribution >= 0.6 is 0 Å². The Hall–Kier alpha value is -1.01. The number of fused-ring (bicyclic) bond motifs is 3. The van der Waals surface area contributed by atoms with E-state index in [1.54, 1.807) is 0 Å². The average Bonchev–Trinajstić information content (AvgIpc) is 3.14. The van der Waals surface area contributed by atoms with Crippen LogP contribution in [0.15, 0.2) is 11.6 Å². The lowest BCUT2D eigenvalue weighted by Crippen LogP contribution is -2.43. The molecule has 0 bridgehead atoms. The topological polar surface area (TPSA) is 42.1 Å². The van der Waals surface area contributed by atoms with Crippen molar-refractivity contribution in [2.45, 2.75) is 76.1 Å². The molecule has 0 aromatic carbocycles. The predicted octanol–water partition coefficient (Wildman–Crippen LogP) is 3.55. The summed E-state index contributed by atoms with van der Waals surface area (Å²) in [6, 6.07) is 0. The van der Waals surface area contributed by atoms with Crippen molar-refractivity contribution in [1.82, 2.24) is 4.90 Å². The van der Waals surface area contributed by atoms with Crippen LogP contribution in [0.1, 0.15) is 52.4 Å². The second-order valence-corrected chi connectivity index (χ2v) is 8.81. The number of nitrogens with zero attached hydrogens (tertiary/aromatic N) is 1. The van der Waals surface area contributed by atoms with E-state index >= 15 is 0 Å². The number of hydrogen-bond acceptors (Lipinski definition) is 4. The lowest BCUT2D eigenvalue weighted by Gasteiger charge is -2.33. The highest BCUT2D eigenvalue weighted by Gasteiger charge is 2.62. The number of allylic oxidation sites excluding steroid dienone is 2. The van der Waals surface area contributed by atoms with Crippen LogP contribution in [0.4, 0.5) is 8.78 Å². The number of hydrogen-bond donors (Lipinski definition) is 0. The summed E-state index contributed by atoms with van der Waals surface area (Å²) in [4.78, 5) is 14.6. The summed E-state index contributed by atoms with van der Waals surface area (Å²) in [5.74, 6) is -2.85. The van der Waals surface area contributed by atoms with Gasteiger partial charge in [-0.1, -0.05) is 11.6 Å². The van der Waals surface area contributed by atoms with E-state index in [0.29, 0.717) is 19.6 Å². The van der Waals surface area contributed by atoms with Crippen LogP contribution in [0.3, 0.4) is 0 Å². The molecule has 0 amide bonds. The molecule has 4 rings (SSSR count). The Kier molecular flexibility index (Phi) is 4.63. The van der Waals surface area contributed by atoms with Gasteiger partial charge in [0, 0.05) is 38.4 Å². The molecule has 0 spiro atoms. The first-order valence-corrected chi connectivity index (χ1v) is 9.92. The second kappa shape index (κ2) is 6.55. The Balaban J connectivity index is 1.48. The van der Waals surface area contributed by atoms with Gasteiger partial charge in [0.15, 0.2) is 0 Å². The van der Waals surface area contributed by atoms with Gasteiger partial charge in [0.2, 0.25) is 0 Å². The molecule has 3 heterocycles. The van der Waals surface area contributed by atoms with Crippen LogP contribution in [0.5, 0.6) is 0 Å². The third kappa shape index (κ3) is 3.55. The number of carbonyl (C=O) groups is 1. The van der Waals surface area contributed by atoms with Crippen LogP contribution in [0.2, 0.25) is 0 Å².